The van der Waals surface area contributed by atoms with Gasteiger partial charge in [-0.15, -0.1) is 0 Å². The predicted molar refractivity (Wildman–Crippen MR) is 45.7 cm³/mol. The number of nitrogens with one attached hydrogen (secondary N) is 1. The van der Waals surface area contributed by atoms with Crippen LogP contribution in [0.15, 0.2) is 12.7 Å². The van der Waals surface area contributed by atoms with E-state index in [0.717, 1.165) is 19.1 Å². The van der Waals surface area contributed by atoms with Crippen LogP contribution in [0.5, 0.6) is 0 Å². The number of nitrogens with zero attached hydrogens (tertiary/aromatic N) is 3. The van der Waals surface area contributed by atoms with Gasteiger partial charge in [0.1, 0.15) is 12.7 Å². The Labute approximate surface area is 72.0 Å². The molecule has 0 amide bonds. The van der Waals surface area contributed by atoms with E-state index in [4.69, 9.17) is 0 Å². The molecule has 66 valence electrons. The molecule has 0 spiro atoms. The second-order valence-corrected chi connectivity index (χ2v) is 3.24. The van der Waals surface area contributed by atoms with Crippen LogP contribution in [0.4, 0.5) is 0 Å². The van der Waals surface area contributed by atoms with Crippen molar-refractivity contribution in [2.75, 3.05) is 6.54 Å². The van der Waals surface area contributed by atoms with Crippen molar-refractivity contribution < 1.29 is 0 Å². The average Bonchev–Trinajstić information content (AvgIpc) is 2.46. The summed E-state index contributed by atoms with van der Waals surface area (Å²) in [6.45, 7) is 1.94. The molecule has 0 bridgehead atoms. The second-order valence-electron chi connectivity index (χ2n) is 3.24. The Morgan fingerprint density at radius 1 is 1.50 bits per heavy atom. The second kappa shape index (κ2) is 3.67. The van der Waals surface area contributed by atoms with Gasteiger partial charge >= 0.3 is 0 Å². The lowest BCUT2D eigenvalue weighted by Crippen LogP contribution is -2.37. The van der Waals surface area contributed by atoms with Crippen LogP contribution in [0.25, 0.3) is 0 Å². The number of hydrogen-bond acceptors (Lipinski definition) is 3. The van der Waals surface area contributed by atoms with Crippen LogP contribution in [0.2, 0.25) is 0 Å². The maximum atomic E-state index is 4.02. The number of rotatable bonds is 4. The molecule has 0 atom stereocenters. The first kappa shape index (κ1) is 7.73. The van der Waals surface area contributed by atoms with Gasteiger partial charge in [-0.2, -0.15) is 5.10 Å². The highest BCUT2D eigenvalue weighted by Gasteiger charge is 2.15. The topological polar surface area (TPSA) is 42.7 Å². The van der Waals surface area contributed by atoms with Crippen LogP contribution in [0.1, 0.15) is 19.3 Å². The zero-order valence-corrected chi connectivity index (χ0v) is 7.11. The van der Waals surface area contributed by atoms with Gasteiger partial charge in [-0.25, -0.2) is 4.98 Å². The molecule has 0 radical (unpaired) electrons. The van der Waals surface area contributed by atoms with Crippen LogP contribution in [-0.2, 0) is 6.54 Å². The van der Waals surface area contributed by atoms with Crippen LogP contribution in [-0.4, -0.2) is 27.4 Å². The van der Waals surface area contributed by atoms with Crippen LogP contribution in [0.3, 0.4) is 0 Å². The minimum Gasteiger partial charge on any atom is -0.312 e. The molecule has 2 rings (SSSR count). The first-order valence-corrected chi connectivity index (χ1v) is 4.51. The van der Waals surface area contributed by atoms with Crippen molar-refractivity contribution in [2.45, 2.75) is 31.8 Å². The van der Waals surface area contributed by atoms with E-state index in [9.17, 15) is 0 Å². The van der Waals surface area contributed by atoms with Gasteiger partial charge in [-0.1, -0.05) is 6.42 Å². The van der Waals surface area contributed by atoms with E-state index < -0.39 is 0 Å². The summed E-state index contributed by atoms with van der Waals surface area (Å²) < 4.78 is 1.85. The fourth-order valence-electron chi connectivity index (χ4n) is 1.34. The van der Waals surface area contributed by atoms with E-state index in [-0.39, 0.29) is 0 Å². The molecule has 4 heteroatoms. The fraction of sp³-hybridized carbons (Fsp3) is 0.750. The fourth-order valence-corrected chi connectivity index (χ4v) is 1.34. The lowest BCUT2D eigenvalue weighted by molar-refractivity contribution is 0.332. The smallest absolute Gasteiger partial charge is 0.137 e. The summed E-state index contributed by atoms with van der Waals surface area (Å²) in [6, 6.07) is 0.772. The van der Waals surface area contributed by atoms with Gasteiger partial charge in [-0.3, -0.25) is 4.68 Å². The first-order chi connectivity index (χ1) is 5.95. The lowest BCUT2D eigenvalue weighted by atomic mass is 9.93. The maximum absolute atomic E-state index is 4.02. The minimum atomic E-state index is 0.772. The zero-order valence-electron chi connectivity index (χ0n) is 7.11. The van der Waals surface area contributed by atoms with Crippen molar-refractivity contribution in [2.24, 2.45) is 0 Å². The van der Waals surface area contributed by atoms with Gasteiger partial charge in [0.2, 0.25) is 0 Å². The van der Waals surface area contributed by atoms with E-state index in [1.807, 2.05) is 4.68 Å². The first-order valence-electron chi connectivity index (χ1n) is 4.51. The molecule has 1 fully saturated rings. The van der Waals surface area contributed by atoms with Gasteiger partial charge in [0, 0.05) is 12.6 Å². The quantitative estimate of drug-likeness (QED) is 0.705. The predicted octanol–water partition coefficient (Wildman–Crippen LogP) is 0.420. The third-order valence-corrected chi connectivity index (χ3v) is 2.35. The number of aromatic nitrogens is 3. The molecular weight excluding hydrogens is 152 g/mol. The number of hydrogen-bond donors (Lipinski definition) is 1. The van der Waals surface area contributed by atoms with E-state index in [1.54, 1.807) is 12.7 Å². The van der Waals surface area contributed by atoms with Crippen molar-refractivity contribution >= 4 is 0 Å². The average molecular weight is 166 g/mol. The van der Waals surface area contributed by atoms with Crippen LogP contribution < -0.4 is 5.32 Å². The monoisotopic (exact) mass is 166 g/mol. The molecule has 12 heavy (non-hydrogen) atoms. The third kappa shape index (κ3) is 1.82. The lowest BCUT2D eigenvalue weighted by Gasteiger charge is -2.26. The van der Waals surface area contributed by atoms with Crippen molar-refractivity contribution in [1.29, 1.82) is 0 Å². The van der Waals surface area contributed by atoms with Crippen molar-refractivity contribution in [3.05, 3.63) is 12.7 Å². The van der Waals surface area contributed by atoms with Crippen LogP contribution >= 0.6 is 0 Å². The highest BCUT2D eigenvalue weighted by atomic mass is 15.3. The molecule has 0 aliphatic heterocycles. The molecule has 1 aliphatic rings. The van der Waals surface area contributed by atoms with Crippen molar-refractivity contribution in [3.63, 3.8) is 0 Å². The molecular formula is C8H14N4. The standard InChI is InChI=1S/C8H14N4/c1-2-8(3-1)10-4-5-12-7-9-6-11-12/h6-8,10H,1-5H2. The Morgan fingerprint density at radius 2 is 2.42 bits per heavy atom. The Hall–Kier alpha value is -0.900. The zero-order chi connectivity index (χ0) is 8.23. The minimum absolute atomic E-state index is 0.772. The summed E-state index contributed by atoms with van der Waals surface area (Å²) in [7, 11) is 0. The SMILES string of the molecule is c1ncn(CCNC2CCC2)n1. The van der Waals surface area contributed by atoms with E-state index in [1.165, 1.54) is 19.3 Å². The van der Waals surface area contributed by atoms with Gasteiger partial charge in [0.25, 0.3) is 0 Å². The summed E-state index contributed by atoms with van der Waals surface area (Å²) >= 11 is 0. The molecule has 1 aromatic heterocycles. The molecule has 1 heterocycles. The highest BCUT2D eigenvalue weighted by Crippen LogP contribution is 2.17. The van der Waals surface area contributed by atoms with Crippen molar-refractivity contribution in [1.82, 2.24) is 20.1 Å². The molecule has 1 aromatic rings. The van der Waals surface area contributed by atoms with E-state index in [2.05, 4.69) is 15.4 Å². The highest BCUT2D eigenvalue weighted by molar-refractivity contribution is 4.75. The molecule has 1 saturated carbocycles. The van der Waals surface area contributed by atoms with Crippen LogP contribution in [0, 0.1) is 0 Å². The van der Waals surface area contributed by atoms with Gasteiger partial charge in [0.15, 0.2) is 0 Å². The normalized spacial score (nSPS) is 17.7. The van der Waals surface area contributed by atoms with Gasteiger partial charge in [0.05, 0.1) is 6.54 Å². The third-order valence-electron chi connectivity index (χ3n) is 2.35. The molecule has 0 unspecified atom stereocenters. The molecule has 0 saturated heterocycles. The summed E-state index contributed by atoms with van der Waals surface area (Å²) in [6.07, 6.45) is 7.40. The molecule has 1 N–H and O–H groups in total. The summed E-state index contributed by atoms with van der Waals surface area (Å²) in [5.74, 6) is 0. The Balaban J connectivity index is 1.62. The molecule has 0 aromatic carbocycles. The maximum Gasteiger partial charge on any atom is 0.137 e. The van der Waals surface area contributed by atoms with E-state index >= 15 is 0 Å². The largest absolute Gasteiger partial charge is 0.312 e. The Bertz CT molecular complexity index is 215. The molecule has 4 nitrogen and oxygen atoms in total. The Kier molecular flexibility index (Phi) is 2.36. The molecule has 1 aliphatic carbocycles. The summed E-state index contributed by atoms with van der Waals surface area (Å²) in [5.41, 5.74) is 0. The van der Waals surface area contributed by atoms with Gasteiger partial charge in [-0.05, 0) is 12.8 Å². The van der Waals surface area contributed by atoms with E-state index in [0.29, 0.717) is 0 Å². The summed E-state index contributed by atoms with van der Waals surface area (Å²) in [4.78, 5) is 3.88. The van der Waals surface area contributed by atoms with Crippen molar-refractivity contribution in [3.8, 4) is 0 Å². The summed E-state index contributed by atoms with van der Waals surface area (Å²) in [5, 5.41) is 7.49. The Morgan fingerprint density at radius 3 is 3.00 bits per heavy atom. The van der Waals surface area contributed by atoms with Gasteiger partial charge < -0.3 is 5.32 Å².